The Balaban J connectivity index is 2.49. The highest BCUT2D eigenvalue weighted by Crippen LogP contribution is 2.40. The number of hydrogen-bond donors (Lipinski definition) is 0. The van der Waals surface area contributed by atoms with Crippen LogP contribution >= 0.6 is 0 Å². The maximum absolute atomic E-state index is 2.34. The van der Waals surface area contributed by atoms with Crippen LogP contribution in [0, 0.1) is 27.7 Å². The van der Waals surface area contributed by atoms with Gasteiger partial charge in [0.05, 0.1) is 0 Å². The van der Waals surface area contributed by atoms with Crippen LogP contribution in [0.15, 0.2) is 36.4 Å². The van der Waals surface area contributed by atoms with Gasteiger partial charge in [-0.05, 0) is 82.3 Å². The molecule has 20 heavy (non-hydrogen) atoms. The highest BCUT2D eigenvalue weighted by molar-refractivity contribution is 6.25. The van der Waals surface area contributed by atoms with Crippen molar-refractivity contribution in [2.75, 3.05) is 0 Å². The lowest BCUT2D eigenvalue weighted by Gasteiger charge is -2.17. The molecule has 4 aromatic carbocycles. The molecule has 0 aliphatic heterocycles. The van der Waals surface area contributed by atoms with Crippen LogP contribution in [0.1, 0.15) is 22.3 Å². The molecule has 0 heteroatoms. The normalized spacial score (nSPS) is 12.0. The van der Waals surface area contributed by atoms with Crippen LogP contribution in [0.4, 0.5) is 0 Å². The predicted octanol–water partition coefficient (Wildman–Crippen LogP) is 5.82. The molecule has 0 bridgehead atoms. The van der Waals surface area contributed by atoms with E-state index in [0.29, 0.717) is 0 Å². The minimum absolute atomic E-state index is 1.36. The van der Waals surface area contributed by atoms with Gasteiger partial charge in [0.2, 0.25) is 0 Å². The van der Waals surface area contributed by atoms with Gasteiger partial charge in [-0.25, -0.2) is 0 Å². The molecule has 4 rings (SSSR count). The summed E-state index contributed by atoms with van der Waals surface area (Å²) in [7, 11) is 0. The number of hydrogen-bond acceptors (Lipinski definition) is 0. The maximum Gasteiger partial charge on any atom is -0.00187 e. The van der Waals surface area contributed by atoms with Crippen molar-refractivity contribution < 1.29 is 0 Å². The highest BCUT2D eigenvalue weighted by atomic mass is 14.2. The fourth-order valence-corrected chi connectivity index (χ4v) is 3.81. The number of rotatable bonds is 0. The van der Waals surface area contributed by atoms with Crippen LogP contribution in [0.2, 0.25) is 0 Å². The summed E-state index contributed by atoms with van der Waals surface area (Å²) in [5, 5.41) is 8.50. The second kappa shape index (κ2) is 3.73. The Labute approximate surface area is 119 Å². The Morgan fingerprint density at radius 3 is 1.90 bits per heavy atom. The van der Waals surface area contributed by atoms with E-state index in [1.54, 1.807) is 0 Å². The maximum atomic E-state index is 2.34. The Kier molecular flexibility index (Phi) is 2.18. The third-order valence-corrected chi connectivity index (χ3v) is 4.70. The SMILES string of the molecule is Cc1ccc2cc(C)c3c(C)cc(C)c4ccc1c2c43. The summed E-state index contributed by atoms with van der Waals surface area (Å²) < 4.78 is 0. The summed E-state index contributed by atoms with van der Waals surface area (Å²) in [6.45, 7) is 8.90. The van der Waals surface area contributed by atoms with E-state index in [9.17, 15) is 0 Å². The van der Waals surface area contributed by atoms with E-state index in [4.69, 9.17) is 0 Å². The monoisotopic (exact) mass is 258 g/mol. The van der Waals surface area contributed by atoms with Crippen LogP contribution in [0.25, 0.3) is 32.3 Å². The van der Waals surface area contributed by atoms with Crippen molar-refractivity contribution >= 4 is 32.3 Å². The topological polar surface area (TPSA) is 0 Å². The van der Waals surface area contributed by atoms with Gasteiger partial charge in [-0.1, -0.05) is 36.4 Å². The minimum Gasteiger partial charge on any atom is -0.0581 e. The quantitative estimate of drug-likeness (QED) is 0.349. The van der Waals surface area contributed by atoms with Crippen molar-refractivity contribution in [2.24, 2.45) is 0 Å². The Morgan fingerprint density at radius 1 is 0.500 bits per heavy atom. The smallest absolute Gasteiger partial charge is 0.00187 e. The molecule has 4 aromatic rings. The van der Waals surface area contributed by atoms with Gasteiger partial charge in [-0.15, -0.1) is 0 Å². The number of benzene rings is 4. The first-order valence-electron chi connectivity index (χ1n) is 7.23. The summed E-state index contributed by atoms with van der Waals surface area (Å²) in [6, 6.07) is 13.7. The summed E-state index contributed by atoms with van der Waals surface area (Å²) in [5.74, 6) is 0. The fraction of sp³-hybridized carbons (Fsp3) is 0.200. The molecule has 0 spiro atoms. The van der Waals surface area contributed by atoms with Crippen LogP contribution < -0.4 is 0 Å². The Bertz CT molecular complexity index is 974. The predicted molar refractivity (Wildman–Crippen MR) is 89.1 cm³/mol. The van der Waals surface area contributed by atoms with E-state index in [-0.39, 0.29) is 0 Å². The van der Waals surface area contributed by atoms with E-state index in [1.165, 1.54) is 54.6 Å². The first-order valence-corrected chi connectivity index (χ1v) is 7.23. The largest absolute Gasteiger partial charge is 0.0581 e. The molecule has 0 saturated carbocycles. The molecule has 0 radical (unpaired) electrons. The van der Waals surface area contributed by atoms with Gasteiger partial charge in [-0.2, -0.15) is 0 Å². The molecule has 0 saturated heterocycles. The molecule has 0 aliphatic carbocycles. The highest BCUT2D eigenvalue weighted by Gasteiger charge is 2.14. The van der Waals surface area contributed by atoms with Crippen molar-refractivity contribution in [3.05, 3.63) is 58.7 Å². The van der Waals surface area contributed by atoms with Gasteiger partial charge < -0.3 is 0 Å². The summed E-state index contributed by atoms with van der Waals surface area (Å²) >= 11 is 0. The summed E-state index contributed by atoms with van der Waals surface area (Å²) in [5.41, 5.74) is 5.52. The van der Waals surface area contributed by atoms with Crippen LogP contribution in [-0.4, -0.2) is 0 Å². The molecule has 0 atom stereocenters. The molecule has 98 valence electrons. The molecule has 0 aromatic heterocycles. The molecule has 0 heterocycles. The fourth-order valence-electron chi connectivity index (χ4n) is 3.81. The van der Waals surface area contributed by atoms with E-state index in [1.807, 2.05) is 0 Å². The van der Waals surface area contributed by atoms with Crippen molar-refractivity contribution in [3.8, 4) is 0 Å². The Hall–Kier alpha value is -2.08. The second-order valence-corrected chi connectivity index (χ2v) is 6.10. The van der Waals surface area contributed by atoms with Gasteiger partial charge in [0.1, 0.15) is 0 Å². The van der Waals surface area contributed by atoms with E-state index >= 15 is 0 Å². The third-order valence-electron chi connectivity index (χ3n) is 4.70. The zero-order valence-electron chi connectivity index (χ0n) is 12.5. The minimum atomic E-state index is 1.36. The van der Waals surface area contributed by atoms with Gasteiger partial charge in [0.15, 0.2) is 0 Å². The van der Waals surface area contributed by atoms with Gasteiger partial charge in [0.25, 0.3) is 0 Å². The van der Waals surface area contributed by atoms with Gasteiger partial charge in [0, 0.05) is 0 Å². The van der Waals surface area contributed by atoms with E-state index in [0.717, 1.165) is 0 Å². The van der Waals surface area contributed by atoms with Gasteiger partial charge >= 0.3 is 0 Å². The zero-order chi connectivity index (χ0) is 14.0. The lowest BCUT2D eigenvalue weighted by atomic mass is 9.86. The molecule has 0 aliphatic rings. The molecule has 0 N–H and O–H groups in total. The lowest BCUT2D eigenvalue weighted by Crippen LogP contribution is -1.92. The lowest BCUT2D eigenvalue weighted by molar-refractivity contribution is 1.43. The Morgan fingerprint density at radius 2 is 1.15 bits per heavy atom. The van der Waals surface area contributed by atoms with Crippen LogP contribution in [0.5, 0.6) is 0 Å². The second-order valence-electron chi connectivity index (χ2n) is 6.10. The van der Waals surface area contributed by atoms with Crippen LogP contribution in [-0.2, 0) is 0 Å². The average Bonchev–Trinajstić information content (AvgIpc) is 2.41. The first-order chi connectivity index (χ1) is 9.58. The third kappa shape index (κ3) is 1.31. The zero-order valence-corrected chi connectivity index (χ0v) is 12.5. The molecule has 0 nitrogen and oxygen atoms in total. The summed E-state index contributed by atoms with van der Waals surface area (Å²) in [6.07, 6.45) is 0. The van der Waals surface area contributed by atoms with Crippen molar-refractivity contribution in [3.63, 3.8) is 0 Å². The molecular formula is C20H18. The van der Waals surface area contributed by atoms with Gasteiger partial charge in [-0.3, -0.25) is 0 Å². The average molecular weight is 258 g/mol. The summed E-state index contributed by atoms with van der Waals surface area (Å²) in [4.78, 5) is 0. The van der Waals surface area contributed by atoms with Crippen molar-refractivity contribution in [1.82, 2.24) is 0 Å². The van der Waals surface area contributed by atoms with Crippen LogP contribution in [0.3, 0.4) is 0 Å². The molecule has 0 amide bonds. The van der Waals surface area contributed by atoms with Crippen molar-refractivity contribution in [2.45, 2.75) is 27.7 Å². The first kappa shape index (κ1) is 11.7. The molecule has 0 unspecified atom stereocenters. The van der Waals surface area contributed by atoms with E-state index < -0.39 is 0 Å². The molecular weight excluding hydrogens is 240 g/mol. The molecule has 0 fully saturated rings. The van der Waals surface area contributed by atoms with E-state index in [2.05, 4.69) is 64.1 Å². The van der Waals surface area contributed by atoms with Crippen molar-refractivity contribution in [1.29, 1.82) is 0 Å². The standard InChI is InChI=1S/C20H18/c1-11-5-6-15-10-14(4)18-13(3)9-12(2)17-8-7-16(11)19(15)20(17)18/h5-10H,1-4H3. The number of aryl methyl sites for hydroxylation is 4.